The number of nitrogens with zero attached hydrogens (tertiary/aromatic N) is 3. The number of benzene rings is 3. The number of carbonyl (C=O) groups excluding carboxylic acids is 1. The summed E-state index contributed by atoms with van der Waals surface area (Å²) in [7, 11) is 0. The molecule has 8 nitrogen and oxygen atoms in total. The second kappa shape index (κ2) is 14.5. The van der Waals surface area contributed by atoms with Gasteiger partial charge in [-0.3, -0.25) is 4.79 Å². The van der Waals surface area contributed by atoms with Crippen LogP contribution in [-0.4, -0.2) is 66.0 Å². The molecule has 226 valence electrons. The van der Waals surface area contributed by atoms with Gasteiger partial charge in [-0.25, -0.2) is 23.5 Å². The van der Waals surface area contributed by atoms with Gasteiger partial charge in [-0.15, -0.1) is 0 Å². The van der Waals surface area contributed by atoms with Crippen molar-refractivity contribution in [2.24, 2.45) is 0 Å². The third-order valence-electron chi connectivity index (χ3n) is 6.66. The Morgan fingerprint density at radius 1 is 0.930 bits per heavy atom. The number of nitrogens with one attached hydrogen (secondary N) is 1. The number of hydrogen-bond donors (Lipinski definition) is 2. The molecule has 2 N–H and O–H groups in total. The molecular formula is C30H27F5N4O4. The molecule has 3 aromatic carbocycles. The molecule has 5 rings (SSSR count). The van der Waals surface area contributed by atoms with Gasteiger partial charge in [0.25, 0.3) is 5.91 Å². The topological polar surface area (TPSA) is 105 Å². The largest absolute Gasteiger partial charge is 0.480 e. The lowest BCUT2D eigenvalue weighted by Gasteiger charge is -2.29. The molecule has 1 amide bonds. The summed E-state index contributed by atoms with van der Waals surface area (Å²) < 4.78 is 64.0. The Morgan fingerprint density at radius 2 is 1.58 bits per heavy atom. The zero-order valence-electron chi connectivity index (χ0n) is 22.7. The standard InChI is InChI=1S/C29H26F2N4O4.CHF3/c30-22-15-20(35-8-10-39-11-9-35)16-23(31)27(22)28(36)34-26(29(37)38)14-19-5-3-4-18(12-19)13-25-21-6-1-2-7-24(21)32-17-33-25;2-1(3)4/h1-7,12,15-17,26H,8-11,13-14H2,(H,34,36)(H,37,38);1H. The van der Waals surface area contributed by atoms with Crippen molar-refractivity contribution in [3.63, 3.8) is 0 Å². The number of alkyl halides is 3. The molecule has 0 radical (unpaired) electrons. The molecule has 0 aliphatic carbocycles. The zero-order valence-corrected chi connectivity index (χ0v) is 22.7. The van der Waals surface area contributed by atoms with Crippen molar-refractivity contribution in [3.05, 3.63) is 101 Å². The summed E-state index contributed by atoms with van der Waals surface area (Å²) in [5.41, 5.74) is 2.66. The second-order valence-electron chi connectivity index (χ2n) is 9.53. The zero-order chi connectivity index (χ0) is 30.9. The minimum Gasteiger partial charge on any atom is -0.480 e. The Labute approximate surface area is 243 Å². The molecule has 1 unspecified atom stereocenters. The highest BCUT2D eigenvalue weighted by Gasteiger charge is 2.26. The minimum absolute atomic E-state index is 0.0749. The van der Waals surface area contributed by atoms with E-state index < -0.39 is 41.8 Å². The number of anilines is 1. The molecule has 43 heavy (non-hydrogen) atoms. The van der Waals surface area contributed by atoms with Crippen LogP contribution in [0.2, 0.25) is 0 Å². The number of carboxylic acids is 1. The summed E-state index contributed by atoms with van der Waals surface area (Å²) in [6.45, 7) is -1.86. The van der Waals surface area contributed by atoms with Crippen LogP contribution in [0.1, 0.15) is 27.2 Å². The van der Waals surface area contributed by atoms with Gasteiger partial charge in [0, 0.05) is 37.0 Å². The maximum absolute atomic E-state index is 14.8. The van der Waals surface area contributed by atoms with Crippen LogP contribution < -0.4 is 10.2 Å². The number of rotatable bonds is 8. The Kier molecular flexibility index (Phi) is 10.5. The molecule has 13 heteroatoms. The number of carbonyl (C=O) groups is 2. The van der Waals surface area contributed by atoms with Gasteiger partial charge in [-0.1, -0.05) is 42.5 Å². The lowest BCUT2D eigenvalue weighted by atomic mass is 9.99. The summed E-state index contributed by atoms with van der Waals surface area (Å²) >= 11 is 0. The van der Waals surface area contributed by atoms with Gasteiger partial charge in [-0.05, 0) is 29.3 Å². The summed E-state index contributed by atoms with van der Waals surface area (Å²) in [5, 5.41) is 13.0. The van der Waals surface area contributed by atoms with Gasteiger partial charge in [0.15, 0.2) is 0 Å². The number of aliphatic carboxylic acids is 1. The van der Waals surface area contributed by atoms with Gasteiger partial charge in [-0.2, -0.15) is 13.2 Å². The SMILES string of the molecule is FC(F)F.O=C(NC(Cc1cccc(Cc2ncnc3ccccc23)c1)C(=O)O)c1c(F)cc(N2CCOCC2)cc1F. The third-order valence-corrected chi connectivity index (χ3v) is 6.66. The predicted octanol–water partition coefficient (Wildman–Crippen LogP) is 4.94. The van der Waals surface area contributed by atoms with Crippen molar-refractivity contribution in [1.82, 2.24) is 15.3 Å². The minimum atomic E-state index is -3.67. The van der Waals surface area contributed by atoms with Gasteiger partial charge < -0.3 is 20.1 Å². The average molecular weight is 603 g/mol. The fraction of sp³-hybridized carbons (Fsp3) is 0.267. The van der Waals surface area contributed by atoms with Crippen molar-refractivity contribution in [3.8, 4) is 0 Å². The van der Waals surface area contributed by atoms with E-state index >= 15 is 0 Å². The molecular weight excluding hydrogens is 575 g/mol. The first-order valence-corrected chi connectivity index (χ1v) is 13.2. The first kappa shape index (κ1) is 31.3. The van der Waals surface area contributed by atoms with E-state index in [-0.39, 0.29) is 6.42 Å². The Bertz CT molecular complexity index is 1550. The maximum atomic E-state index is 14.8. The number of morpholine rings is 1. The summed E-state index contributed by atoms with van der Waals surface area (Å²) in [4.78, 5) is 35.2. The molecule has 1 aliphatic rings. The first-order chi connectivity index (χ1) is 20.6. The molecule has 0 spiro atoms. The molecule has 1 saturated heterocycles. The Hall–Kier alpha value is -4.65. The molecule has 1 aliphatic heterocycles. The van der Waals surface area contributed by atoms with Gasteiger partial charge in [0.05, 0.1) is 24.4 Å². The van der Waals surface area contributed by atoms with E-state index in [1.165, 1.54) is 6.33 Å². The molecule has 2 heterocycles. The quantitative estimate of drug-likeness (QED) is 0.276. The van der Waals surface area contributed by atoms with E-state index in [1.54, 1.807) is 17.0 Å². The first-order valence-electron chi connectivity index (χ1n) is 13.2. The van der Waals surface area contributed by atoms with Gasteiger partial charge in [0.1, 0.15) is 29.6 Å². The average Bonchev–Trinajstić information content (AvgIpc) is 2.97. The third kappa shape index (κ3) is 8.44. The van der Waals surface area contributed by atoms with E-state index in [4.69, 9.17) is 4.74 Å². The van der Waals surface area contributed by atoms with Crippen LogP contribution >= 0.6 is 0 Å². The molecule has 4 aromatic rings. The lowest BCUT2D eigenvalue weighted by Crippen LogP contribution is -2.43. The summed E-state index contributed by atoms with van der Waals surface area (Å²) in [5.74, 6) is -4.56. The molecule has 1 aromatic heterocycles. The van der Waals surface area contributed by atoms with Crippen LogP contribution in [0.25, 0.3) is 10.9 Å². The Balaban J connectivity index is 0.000000996. The highest BCUT2D eigenvalue weighted by molar-refractivity contribution is 5.97. The number of halogens is 5. The van der Waals surface area contributed by atoms with Crippen LogP contribution in [0.15, 0.2) is 67.0 Å². The number of fused-ring (bicyclic) bond motifs is 1. The van der Waals surface area contributed by atoms with E-state index in [0.717, 1.165) is 34.3 Å². The van der Waals surface area contributed by atoms with E-state index in [0.29, 0.717) is 44.0 Å². The van der Waals surface area contributed by atoms with Crippen LogP contribution in [0.4, 0.5) is 27.6 Å². The summed E-state index contributed by atoms with van der Waals surface area (Å²) in [6, 6.07) is 15.7. The van der Waals surface area contributed by atoms with Gasteiger partial charge in [0.2, 0.25) is 0 Å². The number of hydrogen-bond acceptors (Lipinski definition) is 6. The highest BCUT2D eigenvalue weighted by atomic mass is 19.4. The maximum Gasteiger partial charge on any atom is 0.379 e. The number of carboxylic acid groups (broad SMARTS) is 1. The van der Waals surface area contributed by atoms with Crippen molar-refractivity contribution in [1.29, 1.82) is 0 Å². The smallest absolute Gasteiger partial charge is 0.379 e. The van der Waals surface area contributed by atoms with Gasteiger partial charge >= 0.3 is 12.6 Å². The van der Waals surface area contributed by atoms with Crippen molar-refractivity contribution < 1.29 is 41.4 Å². The van der Waals surface area contributed by atoms with Crippen LogP contribution in [0.5, 0.6) is 0 Å². The number of amides is 1. The number of para-hydroxylation sites is 1. The van der Waals surface area contributed by atoms with E-state index in [9.17, 15) is 36.6 Å². The van der Waals surface area contributed by atoms with E-state index in [2.05, 4.69) is 15.3 Å². The molecule has 1 fully saturated rings. The normalized spacial score (nSPS) is 13.8. The monoisotopic (exact) mass is 602 g/mol. The number of aromatic nitrogens is 2. The van der Waals surface area contributed by atoms with Crippen LogP contribution in [0, 0.1) is 11.6 Å². The fourth-order valence-corrected chi connectivity index (χ4v) is 4.71. The van der Waals surface area contributed by atoms with Crippen molar-refractivity contribution in [2.75, 3.05) is 31.2 Å². The van der Waals surface area contributed by atoms with Crippen molar-refractivity contribution >= 4 is 28.5 Å². The number of ether oxygens (including phenoxy) is 1. The Morgan fingerprint density at radius 3 is 2.26 bits per heavy atom. The van der Waals surface area contributed by atoms with Crippen LogP contribution in [0.3, 0.4) is 0 Å². The summed E-state index contributed by atoms with van der Waals surface area (Å²) in [6.07, 6.45) is 1.92. The second-order valence-corrected chi connectivity index (χ2v) is 9.53. The van der Waals surface area contributed by atoms with E-state index in [1.807, 2.05) is 36.4 Å². The van der Waals surface area contributed by atoms with Crippen LogP contribution in [-0.2, 0) is 22.4 Å². The van der Waals surface area contributed by atoms with Crippen molar-refractivity contribution in [2.45, 2.75) is 25.6 Å². The predicted molar refractivity (Wildman–Crippen MR) is 148 cm³/mol. The molecule has 0 saturated carbocycles. The fourth-order valence-electron chi connectivity index (χ4n) is 4.71. The highest BCUT2D eigenvalue weighted by Crippen LogP contribution is 2.24. The lowest BCUT2D eigenvalue weighted by molar-refractivity contribution is -0.139. The molecule has 1 atom stereocenters. The molecule has 0 bridgehead atoms.